The minimum Gasteiger partial charge on any atom is -0.493 e. The number of nitrogens with zero attached hydrogens (tertiary/aromatic N) is 4. The van der Waals surface area contributed by atoms with Crippen LogP contribution in [0.15, 0.2) is 44.7 Å². The third-order valence-electron chi connectivity index (χ3n) is 4.35. The maximum atomic E-state index is 13.0. The van der Waals surface area contributed by atoms with Crippen LogP contribution in [0.1, 0.15) is 18.3 Å². The van der Waals surface area contributed by atoms with Gasteiger partial charge in [0, 0.05) is 22.5 Å². The lowest BCUT2D eigenvalue weighted by atomic mass is 10.2. The highest BCUT2D eigenvalue weighted by Crippen LogP contribution is 2.38. The number of hydrogen-bond acceptors (Lipinski definition) is 8. The van der Waals surface area contributed by atoms with Crippen molar-refractivity contribution in [1.82, 2.24) is 9.66 Å². The molecule has 166 valence electrons. The van der Waals surface area contributed by atoms with Crippen LogP contribution < -0.4 is 20.8 Å². The molecule has 0 bridgehead atoms. The molecule has 1 aromatic heterocycles. The second-order valence-corrected chi connectivity index (χ2v) is 7.40. The van der Waals surface area contributed by atoms with Gasteiger partial charge in [0.2, 0.25) is 5.75 Å². The maximum Gasteiger partial charge on any atom is 0.315 e. The highest BCUT2D eigenvalue weighted by atomic mass is 79.9. The third-order valence-corrected chi connectivity index (χ3v) is 4.84. The third kappa shape index (κ3) is 4.75. The average molecular weight is 504 g/mol. The lowest BCUT2D eigenvalue weighted by molar-refractivity contribution is -0.385. The van der Waals surface area contributed by atoms with Crippen LogP contribution in [-0.4, -0.2) is 40.4 Å². The molecule has 0 spiro atoms. The number of amides is 1. The number of primary amides is 1. The van der Waals surface area contributed by atoms with Crippen molar-refractivity contribution >= 4 is 44.6 Å². The molecular formula is C20H18BrN5O6. The molecule has 0 aliphatic carbocycles. The molecule has 3 aromatic rings. The summed E-state index contributed by atoms with van der Waals surface area (Å²) in [6, 6.07) is 7.77. The minimum absolute atomic E-state index is 0.00512. The van der Waals surface area contributed by atoms with E-state index in [4.69, 9.17) is 15.2 Å². The van der Waals surface area contributed by atoms with Crippen molar-refractivity contribution in [2.45, 2.75) is 13.3 Å². The molecule has 12 heteroatoms. The Morgan fingerprint density at radius 3 is 2.75 bits per heavy atom. The molecule has 1 heterocycles. The number of aryl methyl sites for hydroxylation is 1. The number of carbonyl (C=O) groups is 1. The topological polar surface area (TPSA) is 152 Å². The van der Waals surface area contributed by atoms with Crippen LogP contribution in [0.5, 0.6) is 11.5 Å². The van der Waals surface area contributed by atoms with E-state index in [0.29, 0.717) is 23.1 Å². The molecule has 0 radical (unpaired) electrons. The van der Waals surface area contributed by atoms with Gasteiger partial charge in [0.05, 0.1) is 29.2 Å². The molecule has 1 amide bonds. The van der Waals surface area contributed by atoms with Gasteiger partial charge in [-0.05, 0) is 24.3 Å². The van der Waals surface area contributed by atoms with E-state index in [-0.39, 0.29) is 22.6 Å². The Hall–Kier alpha value is -3.80. The number of nitrogens with two attached hydrogens (primary N) is 1. The van der Waals surface area contributed by atoms with Gasteiger partial charge in [0.25, 0.3) is 11.5 Å². The summed E-state index contributed by atoms with van der Waals surface area (Å²) in [4.78, 5) is 39.3. The lowest BCUT2D eigenvalue weighted by Crippen LogP contribution is -2.22. The summed E-state index contributed by atoms with van der Waals surface area (Å²) in [5, 5.41) is 16.1. The monoisotopic (exact) mass is 503 g/mol. The van der Waals surface area contributed by atoms with Gasteiger partial charge in [-0.3, -0.25) is 19.7 Å². The largest absolute Gasteiger partial charge is 0.493 e. The van der Waals surface area contributed by atoms with Crippen LogP contribution in [0.2, 0.25) is 0 Å². The molecule has 0 unspecified atom stereocenters. The first kappa shape index (κ1) is 22.9. The van der Waals surface area contributed by atoms with Crippen LogP contribution >= 0.6 is 15.9 Å². The Morgan fingerprint density at radius 2 is 2.12 bits per heavy atom. The van der Waals surface area contributed by atoms with Gasteiger partial charge in [0.1, 0.15) is 5.82 Å². The fraction of sp³-hybridized carbons (Fsp3) is 0.200. The highest BCUT2D eigenvalue weighted by Gasteiger charge is 2.23. The summed E-state index contributed by atoms with van der Waals surface area (Å²) in [5.74, 6) is -0.611. The van der Waals surface area contributed by atoms with E-state index in [1.807, 2.05) is 6.92 Å². The van der Waals surface area contributed by atoms with Crippen LogP contribution in [0.3, 0.4) is 0 Å². The second kappa shape index (κ2) is 9.56. The van der Waals surface area contributed by atoms with Crippen molar-refractivity contribution in [2.24, 2.45) is 10.8 Å². The standard InChI is InChI=1S/C20H18BrN5O6/c1-3-18-24-14-5-4-12(21)8-13(14)20(28)25(18)23-9-11-6-15(26(29)30)19(16(7-11)31-2)32-10-17(22)27/h4-9H,3,10H2,1-2H3,(H2,22,27). The molecule has 0 saturated carbocycles. The van der Waals surface area contributed by atoms with Gasteiger partial charge < -0.3 is 15.2 Å². The van der Waals surface area contributed by atoms with Crippen molar-refractivity contribution in [3.05, 3.63) is 66.7 Å². The van der Waals surface area contributed by atoms with Crippen molar-refractivity contribution in [3.63, 3.8) is 0 Å². The summed E-state index contributed by atoms with van der Waals surface area (Å²) in [6.07, 6.45) is 1.71. The Balaban J connectivity index is 2.11. The van der Waals surface area contributed by atoms with Gasteiger partial charge in [-0.15, -0.1) is 0 Å². The van der Waals surface area contributed by atoms with E-state index in [1.165, 1.54) is 25.5 Å². The highest BCUT2D eigenvalue weighted by molar-refractivity contribution is 9.10. The van der Waals surface area contributed by atoms with E-state index in [9.17, 15) is 19.7 Å². The molecular weight excluding hydrogens is 486 g/mol. The summed E-state index contributed by atoms with van der Waals surface area (Å²) >= 11 is 3.34. The van der Waals surface area contributed by atoms with Crippen molar-refractivity contribution in [1.29, 1.82) is 0 Å². The van der Waals surface area contributed by atoms with Crippen molar-refractivity contribution in [3.8, 4) is 11.5 Å². The average Bonchev–Trinajstić information content (AvgIpc) is 2.76. The van der Waals surface area contributed by atoms with Crippen molar-refractivity contribution < 1.29 is 19.2 Å². The second-order valence-electron chi connectivity index (χ2n) is 6.49. The van der Waals surface area contributed by atoms with E-state index in [1.54, 1.807) is 18.2 Å². The first-order valence-electron chi connectivity index (χ1n) is 9.28. The van der Waals surface area contributed by atoms with Gasteiger partial charge >= 0.3 is 5.69 Å². The molecule has 32 heavy (non-hydrogen) atoms. The summed E-state index contributed by atoms with van der Waals surface area (Å²) in [7, 11) is 1.29. The number of hydrogen-bond donors (Lipinski definition) is 1. The van der Waals surface area contributed by atoms with E-state index in [0.717, 1.165) is 9.15 Å². The lowest BCUT2D eigenvalue weighted by Gasteiger charge is -2.11. The number of ether oxygens (including phenoxy) is 2. The van der Waals surface area contributed by atoms with Crippen LogP contribution in [-0.2, 0) is 11.2 Å². The van der Waals surface area contributed by atoms with E-state index >= 15 is 0 Å². The quantitative estimate of drug-likeness (QED) is 0.281. The zero-order valence-electron chi connectivity index (χ0n) is 17.1. The predicted molar refractivity (Wildman–Crippen MR) is 120 cm³/mol. The SMILES string of the molecule is CCc1nc2ccc(Br)cc2c(=O)n1N=Cc1cc(OC)c(OCC(N)=O)c([N+](=O)[O-])c1. The van der Waals surface area contributed by atoms with E-state index in [2.05, 4.69) is 26.0 Å². The number of fused-ring (bicyclic) bond motifs is 1. The zero-order valence-corrected chi connectivity index (χ0v) is 18.7. The number of benzene rings is 2. The van der Waals surface area contributed by atoms with Gasteiger partial charge in [-0.2, -0.15) is 9.78 Å². The molecule has 2 aromatic carbocycles. The normalized spacial score (nSPS) is 11.1. The number of halogens is 1. The Kier molecular flexibility index (Phi) is 6.83. The van der Waals surface area contributed by atoms with Gasteiger partial charge in [0.15, 0.2) is 12.4 Å². The molecule has 11 nitrogen and oxygen atoms in total. The molecule has 2 N–H and O–H groups in total. The molecule has 0 aliphatic rings. The first-order chi connectivity index (χ1) is 15.2. The van der Waals surface area contributed by atoms with Crippen LogP contribution in [0.4, 0.5) is 5.69 Å². The molecule has 0 fully saturated rings. The molecule has 0 atom stereocenters. The fourth-order valence-electron chi connectivity index (χ4n) is 2.93. The number of nitro benzene ring substituents is 1. The number of nitro groups is 1. The number of rotatable bonds is 8. The Morgan fingerprint density at radius 1 is 1.38 bits per heavy atom. The number of methoxy groups -OCH3 is 1. The maximum absolute atomic E-state index is 13.0. The summed E-state index contributed by atoms with van der Waals surface area (Å²) in [5.41, 5.74) is 5.03. The number of aromatic nitrogens is 2. The van der Waals surface area contributed by atoms with Crippen LogP contribution in [0, 0.1) is 10.1 Å². The summed E-state index contributed by atoms with van der Waals surface area (Å²) < 4.78 is 12.2. The predicted octanol–water partition coefficient (Wildman–Crippen LogP) is 2.38. The Labute approximate surface area is 189 Å². The molecule has 0 saturated heterocycles. The Bertz CT molecular complexity index is 1300. The fourth-order valence-corrected chi connectivity index (χ4v) is 3.29. The molecule has 0 aliphatic heterocycles. The van der Waals surface area contributed by atoms with Gasteiger partial charge in [-0.1, -0.05) is 22.9 Å². The summed E-state index contributed by atoms with van der Waals surface area (Å²) in [6.45, 7) is 1.27. The smallest absolute Gasteiger partial charge is 0.315 e. The van der Waals surface area contributed by atoms with Crippen LogP contribution in [0.25, 0.3) is 10.9 Å². The first-order valence-corrected chi connectivity index (χ1v) is 10.1. The van der Waals surface area contributed by atoms with Crippen molar-refractivity contribution in [2.75, 3.05) is 13.7 Å². The van der Waals surface area contributed by atoms with E-state index < -0.39 is 23.1 Å². The minimum atomic E-state index is -0.797. The number of carbonyl (C=O) groups excluding carboxylic acids is 1. The molecule has 3 rings (SSSR count). The van der Waals surface area contributed by atoms with Gasteiger partial charge in [-0.25, -0.2) is 4.98 Å². The zero-order chi connectivity index (χ0) is 23.4.